The van der Waals surface area contributed by atoms with Crippen molar-refractivity contribution >= 4 is 29.3 Å². The Morgan fingerprint density at radius 3 is 2.59 bits per heavy atom. The molecule has 3 rings (SSSR count). The number of carboxylic acids is 1. The van der Waals surface area contributed by atoms with E-state index in [4.69, 9.17) is 4.74 Å². The Hall–Kier alpha value is -3.07. The molecule has 9 heteroatoms. The summed E-state index contributed by atoms with van der Waals surface area (Å²) in [5.74, 6) is -0.810. The Morgan fingerprint density at radius 2 is 1.96 bits per heavy atom. The van der Waals surface area contributed by atoms with Gasteiger partial charge in [0.1, 0.15) is 5.37 Å². The molecule has 0 spiro atoms. The van der Waals surface area contributed by atoms with E-state index in [1.165, 1.54) is 48.0 Å². The van der Waals surface area contributed by atoms with Crippen molar-refractivity contribution in [1.82, 2.24) is 4.90 Å². The van der Waals surface area contributed by atoms with Crippen molar-refractivity contribution in [2.24, 2.45) is 0 Å². The lowest BCUT2D eigenvalue weighted by molar-refractivity contribution is -0.385. The van der Waals surface area contributed by atoms with Gasteiger partial charge in [-0.1, -0.05) is 18.2 Å². The Morgan fingerprint density at radius 1 is 1.26 bits per heavy atom. The lowest BCUT2D eigenvalue weighted by Crippen LogP contribution is -2.31. The van der Waals surface area contributed by atoms with Gasteiger partial charge in [-0.15, -0.1) is 11.8 Å². The lowest BCUT2D eigenvalue weighted by Gasteiger charge is -2.25. The molecule has 8 nitrogen and oxygen atoms in total. The Bertz CT molecular complexity index is 916. The molecule has 140 valence electrons. The third kappa shape index (κ3) is 3.59. The highest BCUT2D eigenvalue weighted by atomic mass is 32.2. The van der Waals surface area contributed by atoms with Crippen molar-refractivity contribution in [2.75, 3.05) is 19.4 Å². The largest absolute Gasteiger partial charge is 0.490 e. The Labute approximate surface area is 158 Å². The molecule has 1 aliphatic heterocycles. The summed E-state index contributed by atoms with van der Waals surface area (Å²) in [6, 6.07) is 10.6. The second-order valence-corrected chi connectivity index (χ2v) is 6.95. The van der Waals surface area contributed by atoms with E-state index < -0.39 is 22.2 Å². The van der Waals surface area contributed by atoms with Gasteiger partial charge < -0.3 is 14.7 Å². The maximum absolute atomic E-state index is 13.0. The summed E-state index contributed by atoms with van der Waals surface area (Å²) < 4.78 is 5.02. The molecule has 1 heterocycles. The van der Waals surface area contributed by atoms with E-state index in [9.17, 15) is 24.8 Å². The summed E-state index contributed by atoms with van der Waals surface area (Å²) in [5.41, 5.74) is 0.436. The van der Waals surface area contributed by atoms with E-state index in [1.807, 2.05) is 0 Å². The van der Waals surface area contributed by atoms with Gasteiger partial charge >= 0.3 is 11.7 Å². The van der Waals surface area contributed by atoms with Crippen molar-refractivity contribution in [3.8, 4) is 5.75 Å². The van der Waals surface area contributed by atoms with E-state index in [-0.39, 0.29) is 22.6 Å². The number of benzene rings is 2. The van der Waals surface area contributed by atoms with Crippen LogP contribution in [0.3, 0.4) is 0 Å². The maximum Gasteiger partial charge on any atom is 0.336 e. The van der Waals surface area contributed by atoms with Gasteiger partial charge in [0.2, 0.25) is 0 Å². The number of nitrogens with zero attached hydrogens (tertiary/aromatic N) is 2. The molecule has 0 radical (unpaired) electrons. The molecule has 0 saturated carbocycles. The van der Waals surface area contributed by atoms with Gasteiger partial charge in [-0.05, 0) is 23.8 Å². The van der Waals surface area contributed by atoms with Crippen LogP contribution in [0.1, 0.15) is 31.7 Å². The topological polar surface area (TPSA) is 110 Å². The maximum atomic E-state index is 13.0. The van der Waals surface area contributed by atoms with Crippen LogP contribution in [0.5, 0.6) is 5.75 Å². The predicted molar refractivity (Wildman–Crippen MR) is 99.3 cm³/mol. The highest BCUT2D eigenvalue weighted by Gasteiger charge is 2.34. The zero-order chi connectivity index (χ0) is 19.6. The third-order valence-electron chi connectivity index (χ3n) is 4.22. The monoisotopic (exact) mass is 388 g/mol. The Balaban J connectivity index is 1.97. The minimum Gasteiger partial charge on any atom is -0.490 e. The molecule has 1 N–H and O–H groups in total. The number of amides is 1. The van der Waals surface area contributed by atoms with Gasteiger partial charge in [-0.2, -0.15) is 0 Å². The summed E-state index contributed by atoms with van der Waals surface area (Å²) in [6.07, 6.45) is 0. The minimum absolute atomic E-state index is 0.0705. The molecule has 1 saturated heterocycles. The van der Waals surface area contributed by atoms with Crippen molar-refractivity contribution < 1.29 is 24.4 Å². The first-order valence-electron chi connectivity index (χ1n) is 8.01. The zero-order valence-electron chi connectivity index (χ0n) is 14.3. The standard InChI is InChI=1S/C18H16N2O6S/c1-26-15-7-6-11(10-14(15)20(24)25)17-19(8-9-27-17)16(21)12-4-2-3-5-13(12)18(22)23/h2-7,10,17H,8-9H2,1H3,(H,22,23)/t17-/m0/s1. The summed E-state index contributed by atoms with van der Waals surface area (Å²) in [5, 5.41) is 20.2. The molecule has 0 bridgehead atoms. The number of hydrogen-bond acceptors (Lipinski definition) is 6. The van der Waals surface area contributed by atoms with Gasteiger partial charge in [-0.25, -0.2) is 4.79 Å². The van der Waals surface area contributed by atoms with Crippen molar-refractivity contribution in [3.63, 3.8) is 0 Å². The average molecular weight is 388 g/mol. The van der Waals surface area contributed by atoms with Crippen LogP contribution in [0.4, 0.5) is 5.69 Å². The van der Waals surface area contributed by atoms with Gasteiger partial charge in [0, 0.05) is 18.4 Å². The SMILES string of the molecule is COc1ccc([C@@H]2SCCN2C(=O)c2ccccc2C(=O)O)cc1[N+](=O)[O-]. The first-order valence-corrected chi connectivity index (χ1v) is 9.06. The predicted octanol–water partition coefficient (Wildman–Crippen LogP) is 3.19. The summed E-state index contributed by atoms with van der Waals surface area (Å²) in [4.78, 5) is 36.7. The highest BCUT2D eigenvalue weighted by molar-refractivity contribution is 7.99. The van der Waals surface area contributed by atoms with Crippen molar-refractivity contribution in [2.45, 2.75) is 5.37 Å². The van der Waals surface area contributed by atoms with Crippen LogP contribution in [-0.2, 0) is 0 Å². The van der Waals surface area contributed by atoms with E-state index in [0.717, 1.165) is 0 Å². The van der Waals surface area contributed by atoms with E-state index in [0.29, 0.717) is 17.9 Å². The minimum atomic E-state index is -1.18. The molecule has 1 amide bonds. The number of hydrogen-bond donors (Lipinski definition) is 1. The van der Waals surface area contributed by atoms with E-state index in [2.05, 4.69) is 0 Å². The quantitative estimate of drug-likeness (QED) is 0.619. The molecule has 1 atom stereocenters. The fourth-order valence-electron chi connectivity index (χ4n) is 2.97. The first kappa shape index (κ1) is 18.7. The van der Waals surface area contributed by atoms with Gasteiger partial charge in [0.15, 0.2) is 5.75 Å². The van der Waals surface area contributed by atoms with Crippen LogP contribution < -0.4 is 4.74 Å². The molecule has 27 heavy (non-hydrogen) atoms. The third-order valence-corrected chi connectivity index (χ3v) is 5.49. The lowest BCUT2D eigenvalue weighted by atomic mass is 10.1. The van der Waals surface area contributed by atoms with Crippen LogP contribution in [0.2, 0.25) is 0 Å². The van der Waals surface area contributed by atoms with Crippen LogP contribution in [0.15, 0.2) is 42.5 Å². The number of carboxylic acid groups (broad SMARTS) is 1. The van der Waals surface area contributed by atoms with E-state index >= 15 is 0 Å². The molecule has 1 fully saturated rings. The zero-order valence-corrected chi connectivity index (χ0v) is 15.1. The molecule has 0 aliphatic carbocycles. The van der Waals surface area contributed by atoms with Crippen molar-refractivity contribution in [3.05, 3.63) is 69.3 Å². The van der Waals surface area contributed by atoms with Crippen molar-refractivity contribution in [1.29, 1.82) is 0 Å². The van der Waals surface area contributed by atoms with Gasteiger partial charge in [0.25, 0.3) is 5.91 Å². The molecular weight excluding hydrogens is 372 g/mol. The fraction of sp³-hybridized carbons (Fsp3) is 0.222. The molecular formula is C18H16N2O6S. The van der Waals surface area contributed by atoms with Gasteiger partial charge in [0.05, 0.1) is 23.2 Å². The molecule has 2 aromatic carbocycles. The number of aromatic carboxylic acids is 1. The number of thioether (sulfide) groups is 1. The summed E-state index contributed by atoms with van der Waals surface area (Å²) >= 11 is 1.47. The smallest absolute Gasteiger partial charge is 0.336 e. The van der Waals surface area contributed by atoms with Gasteiger partial charge in [-0.3, -0.25) is 14.9 Å². The molecule has 1 aliphatic rings. The molecule has 2 aromatic rings. The number of methoxy groups -OCH3 is 1. The molecule has 0 unspecified atom stereocenters. The Kier molecular flexibility index (Phi) is 5.31. The number of carbonyl (C=O) groups is 2. The number of nitro benzene ring substituents is 1. The number of carbonyl (C=O) groups excluding carboxylic acids is 1. The second-order valence-electron chi connectivity index (χ2n) is 5.76. The van der Waals surface area contributed by atoms with E-state index in [1.54, 1.807) is 18.2 Å². The number of nitro groups is 1. The summed E-state index contributed by atoms with van der Waals surface area (Å²) in [7, 11) is 1.35. The van der Waals surface area contributed by atoms with Crippen LogP contribution in [-0.4, -0.2) is 46.2 Å². The van der Waals surface area contributed by atoms with Crippen LogP contribution in [0.25, 0.3) is 0 Å². The highest BCUT2D eigenvalue weighted by Crippen LogP contribution is 2.41. The molecule has 0 aromatic heterocycles. The second kappa shape index (κ2) is 7.67. The number of ether oxygens (including phenoxy) is 1. The normalized spacial score (nSPS) is 16.2. The number of rotatable bonds is 5. The average Bonchev–Trinajstić information content (AvgIpc) is 3.16. The van der Waals surface area contributed by atoms with Crippen LogP contribution >= 0.6 is 11.8 Å². The summed E-state index contributed by atoms with van der Waals surface area (Å²) in [6.45, 7) is 0.419. The first-order chi connectivity index (χ1) is 12.9. The van der Waals surface area contributed by atoms with Crippen LogP contribution in [0, 0.1) is 10.1 Å². The fourth-order valence-corrected chi connectivity index (χ4v) is 4.21.